The summed E-state index contributed by atoms with van der Waals surface area (Å²) in [5.41, 5.74) is 0. The predicted molar refractivity (Wildman–Crippen MR) is 50.7 cm³/mol. The van der Waals surface area contributed by atoms with Crippen molar-refractivity contribution in [3.63, 3.8) is 0 Å². The fourth-order valence-corrected chi connectivity index (χ4v) is 4.08. The normalized spacial score (nSPS) is 43.8. The minimum absolute atomic E-state index is 0.362. The van der Waals surface area contributed by atoms with Crippen LogP contribution < -0.4 is 0 Å². The van der Waals surface area contributed by atoms with Crippen LogP contribution in [-0.2, 0) is 0 Å². The van der Waals surface area contributed by atoms with Gasteiger partial charge in [-0.3, -0.25) is 0 Å². The average Bonchev–Trinajstić information content (AvgIpc) is 2.47. The van der Waals surface area contributed by atoms with Gasteiger partial charge in [0.1, 0.15) is 0 Å². The van der Waals surface area contributed by atoms with E-state index in [0.29, 0.717) is 3.23 Å². The highest BCUT2D eigenvalue weighted by Crippen LogP contribution is 2.66. The number of alkyl halides is 2. The molecule has 0 aromatic heterocycles. The Balaban J connectivity index is 2.01. The molecule has 0 unspecified atom stereocenters. The molecule has 0 N–H and O–H groups in total. The molecule has 0 aliphatic heterocycles. The molecule has 0 heterocycles. The van der Waals surface area contributed by atoms with Gasteiger partial charge in [0.15, 0.2) is 0 Å². The van der Waals surface area contributed by atoms with Crippen molar-refractivity contribution < 1.29 is 0 Å². The Morgan fingerprint density at radius 1 is 0.900 bits per heavy atom. The Bertz CT molecular complexity index is 128. The molecular formula is C8H12Br2. The minimum Gasteiger partial charge on any atom is -0.0721 e. The van der Waals surface area contributed by atoms with Crippen molar-refractivity contribution in [2.45, 2.75) is 35.3 Å². The first-order chi connectivity index (χ1) is 4.73. The van der Waals surface area contributed by atoms with Crippen LogP contribution >= 0.6 is 31.9 Å². The summed E-state index contributed by atoms with van der Waals surface area (Å²) in [6.45, 7) is 0. The first-order valence-corrected chi connectivity index (χ1v) is 5.69. The van der Waals surface area contributed by atoms with Crippen molar-refractivity contribution in [2.75, 3.05) is 0 Å². The summed E-state index contributed by atoms with van der Waals surface area (Å²) in [5.74, 6) is 1.88. The molecule has 0 bridgehead atoms. The molecular weight excluding hydrogens is 256 g/mol. The van der Waals surface area contributed by atoms with Crippen molar-refractivity contribution in [3.05, 3.63) is 0 Å². The molecule has 0 saturated heterocycles. The molecule has 2 fully saturated rings. The van der Waals surface area contributed by atoms with Crippen LogP contribution in [0.5, 0.6) is 0 Å². The number of halogens is 2. The van der Waals surface area contributed by atoms with Gasteiger partial charge in [-0.15, -0.1) is 0 Å². The zero-order valence-electron chi connectivity index (χ0n) is 5.95. The summed E-state index contributed by atoms with van der Waals surface area (Å²) < 4.78 is 0.362. The van der Waals surface area contributed by atoms with E-state index in [-0.39, 0.29) is 0 Å². The topological polar surface area (TPSA) is 0 Å². The first kappa shape index (κ1) is 7.60. The Morgan fingerprint density at radius 3 is 1.90 bits per heavy atom. The van der Waals surface area contributed by atoms with Gasteiger partial charge in [0.05, 0.1) is 3.23 Å². The molecule has 10 heavy (non-hydrogen) atoms. The Hall–Kier alpha value is 0.960. The van der Waals surface area contributed by atoms with Gasteiger partial charge < -0.3 is 0 Å². The maximum Gasteiger partial charge on any atom is 0.0868 e. The summed E-state index contributed by atoms with van der Waals surface area (Å²) in [4.78, 5) is 0. The highest BCUT2D eigenvalue weighted by atomic mass is 79.9. The molecule has 2 saturated carbocycles. The second kappa shape index (κ2) is 2.48. The third kappa shape index (κ3) is 1.08. The van der Waals surface area contributed by atoms with Crippen LogP contribution in [0.4, 0.5) is 0 Å². The van der Waals surface area contributed by atoms with E-state index in [1.807, 2.05) is 0 Å². The largest absolute Gasteiger partial charge is 0.0868 e. The Morgan fingerprint density at radius 2 is 1.40 bits per heavy atom. The third-order valence-electron chi connectivity index (χ3n) is 2.90. The third-order valence-corrected chi connectivity index (χ3v) is 5.25. The van der Waals surface area contributed by atoms with Crippen molar-refractivity contribution in [2.24, 2.45) is 11.8 Å². The second-order valence-electron chi connectivity index (χ2n) is 3.53. The molecule has 2 aliphatic rings. The van der Waals surface area contributed by atoms with Crippen LogP contribution in [-0.4, -0.2) is 3.23 Å². The molecule has 2 heteroatoms. The fraction of sp³-hybridized carbons (Fsp3) is 1.00. The van der Waals surface area contributed by atoms with E-state index in [4.69, 9.17) is 0 Å². The smallest absolute Gasteiger partial charge is 0.0721 e. The van der Waals surface area contributed by atoms with Gasteiger partial charge in [0, 0.05) is 0 Å². The van der Waals surface area contributed by atoms with E-state index in [1.165, 1.54) is 32.1 Å². The van der Waals surface area contributed by atoms with Crippen molar-refractivity contribution >= 4 is 31.9 Å². The van der Waals surface area contributed by atoms with Gasteiger partial charge in [0.2, 0.25) is 0 Å². The molecule has 0 spiro atoms. The predicted octanol–water partition coefficient (Wildman–Crippen LogP) is 3.68. The molecule has 2 aliphatic carbocycles. The fourth-order valence-electron chi connectivity index (χ4n) is 2.15. The summed E-state index contributed by atoms with van der Waals surface area (Å²) in [6.07, 6.45) is 7.21. The number of hydrogen-bond acceptors (Lipinski definition) is 0. The average molecular weight is 268 g/mol. The Labute approximate surface area is 79.0 Å². The van der Waals surface area contributed by atoms with Crippen LogP contribution in [0.3, 0.4) is 0 Å². The van der Waals surface area contributed by atoms with Crippen LogP contribution in [0.2, 0.25) is 0 Å². The maximum atomic E-state index is 3.73. The van der Waals surface area contributed by atoms with E-state index in [9.17, 15) is 0 Å². The van der Waals surface area contributed by atoms with Crippen LogP contribution in [0, 0.1) is 11.8 Å². The quantitative estimate of drug-likeness (QED) is 0.588. The minimum atomic E-state index is 0.362. The van der Waals surface area contributed by atoms with Crippen molar-refractivity contribution in [1.29, 1.82) is 0 Å². The maximum absolute atomic E-state index is 3.73. The molecule has 2 atom stereocenters. The summed E-state index contributed by atoms with van der Waals surface area (Å²) >= 11 is 7.46. The molecule has 0 nitrogen and oxygen atoms in total. The van der Waals surface area contributed by atoms with Gasteiger partial charge in [0.25, 0.3) is 0 Å². The number of hydrogen-bond donors (Lipinski definition) is 0. The lowest BCUT2D eigenvalue weighted by atomic mass is 10.2. The first-order valence-electron chi connectivity index (χ1n) is 4.11. The van der Waals surface area contributed by atoms with Crippen LogP contribution in [0.1, 0.15) is 32.1 Å². The molecule has 2 rings (SSSR count). The van der Waals surface area contributed by atoms with Crippen LogP contribution in [0.25, 0.3) is 0 Å². The van der Waals surface area contributed by atoms with Gasteiger partial charge in [-0.1, -0.05) is 51.1 Å². The van der Waals surface area contributed by atoms with Gasteiger partial charge in [-0.2, -0.15) is 0 Å². The van der Waals surface area contributed by atoms with E-state index in [0.717, 1.165) is 11.8 Å². The lowest BCUT2D eigenvalue weighted by Gasteiger charge is -2.01. The molecule has 58 valence electrons. The van der Waals surface area contributed by atoms with Crippen LogP contribution in [0.15, 0.2) is 0 Å². The second-order valence-corrected chi connectivity index (χ2v) is 7.21. The highest BCUT2D eigenvalue weighted by Gasteiger charge is 2.60. The summed E-state index contributed by atoms with van der Waals surface area (Å²) in [6, 6.07) is 0. The van der Waals surface area contributed by atoms with E-state index in [2.05, 4.69) is 31.9 Å². The lowest BCUT2D eigenvalue weighted by molar-refractivity contribution is 0.644. The number of rotatable bonds is 0. The van der Waals surface area contributed by atoms with E-state index < -0.39 is 0 Å². The highest BCUT2D eigenvalue weighted by molar-refractivity contribution is 9.25. The molecule has 0 radical (unpaired) electrons. The standard InChI is InChI=1S/C8H12Br2/c9-8(10)6-4-2-1-3-5-7(6)8/h6-7H,1-5H2/t6-,7+. The van der Waals surface area contributed by atoms with Crippen molar-refractivity contribution in [1.82, 2.24) is 0 Å². The van der Waals surface area contributed by atoms with E-state index >= 15 is 0 Å². The monoisotopic (exact) mass is 266 g/mol. The van der Waals surface area contributed by atoms with Gasteiger partial charge >= 0.3 is 0 Å². The zero-order chi connectivity index (χ0) is 7.19. The van der Waals surface area contributed by atoms with Crippen molar-refractivity contribution in [3.8, 4) is 0 Å². The Kier molecular flexibility index (Phi) is 1.88. The summed E-state index contributed by atoms with van der Waals surface area (Å²) in [5, 5.41) is 0. The van der Waals surface area contributed by atoms with Gasteiger partial charge in [-0.05, 0) is 24.7 Å². The molecule has 0 aromatic carbocycles. The zero-order valence-corrected chi connectivity index (χ0v) is 9.12. The van der Waals surface area contributed by atoms with E-state index in [1.54, 1.807) is 0 Å². The molecule has 0 amide bonds. The van der Waals surface area contributed by atoms with Gasteiger partial charge in [-0.25, -0.2) is 0 Å². The SMILES string of the molecule is BrC1(Br)[C@@H]2CCCCC[C@@H]21. The lowest BCUT2D eigenvalue weighted by Crippen LogP contribution is -1.91. The summed E-state index contributed by atoms with van der Waals surface area (Å²) in [7, 11) is 0. The molecule has 0 aromatic rings. The number of fused-ring (bicyclic) bond motifs is 1.